The Labute approximate surface area is 138 Å². The van der Waals surface area contributed by atoms with Crippen molar-refractivity contribution in [2.24, 2.45) is 0 Å². The third-order valence-corrected chi connectivity index (χ3v) is 4.64. The molecule has 0 radical (unpaired) electrons. The highest BCUT2D eigenvalue weighted by Gasteiger charge is 2.12. The number of benzene rings is 1. The fourth-order valence-corrected chi connectivity index (χ4v) is 3.04. The normalized spacial score (nSPS) is 11.4. The predicted molar refractivity (Wildman–Crippen MR) is 91.2 cm³/mol. The molecule has 23 heavy (non-hydrogen) atoms. The van der Waals surface area contributed by atoms with Crippen molar-refractivity contribution in [2.75, 3.05) is 18.6 Å². The molecular weight excluding hydrogens is 316 g/mol. The summed E-state index contributed by atoms with van der Waals surface area (Å²) < 4.78 is 27.7. The number of hydrogen-bond acceptors (Lipinski definition) is 5. The maximum Gasteiger partial charge on any atom is 0.163 e. The van der Waals surface area contributed by atoms with E-state index in [1.807, 2.05) is 6.92 Å². The number of aromatic hydroxyl groups is 1. The number of aryl methyl sites for hydroxylation is 1. The lowest BCUT2D eigenvalue weighted by Crippen LogP contribution is -2.04. The monoisotopic (exact) mass is 342 g/mol. The first-order chi connectivity index (χ1) is 10.7. The van der Waals surface area contributed by atoms with Gasteiger partial charge in [0.1, 0.15) is 21.3 Å². The fraction of sp³-hybridized carbons (Fsp3) is 0.588. The lowest BCUT2D eigenvalue weighted by Gasteiger charge is -2.13. The Morgan fingerprint density at radius 1 is 1.17 bits per heavy atom. The van der Waals surface area contributed by atoms with Gasteiger partial charge in [-0.15, -0.1) is 0 Å². The summed E-state index contributed by atoms with van der Waals surface area (Å²) >= 11 is 0. The molecule has 130 valence electrons. The van der Waals surface area contributed by atoms with Crippen molar-refractivity contribution >= 4 is 15.6 Å². The van der Waals surface area contributed by atoms with Crippen LogP contribution in [0.5, 0.6) is 11.5 Å². The van der Waals surface area contributed by atoms with Crippen molar-refractivity contribution < 1.29 is 23.1 Å². The number of hydrogen-bond donors (Lipinski definition) is 1. The van der Waals surface area contributed by atoms with E-state index in [1.54, 1.807) is 6.07 Å². The molecule has 0 fully saturated rings. The van der Waals surface area contributed by atoms with Crippen LogP contribution in [0.4, 0.5) is 0 Å². The first kappa shape index (κ1) is 19.5. The molecule has 1 rings (SSSR count). The summed E-state index contributed by atoms with van der Waals surface area (Å²) in [5.74, 6) is 0.604. The van der Waals surface area contributed by atoms with Crippen molar-refractivity contribution in [3.05, 3.63) is 23.3 Å². The van der Waals surface area contributed by atoms with Gasteiger partial charge in [0.15, 0.2) is 5.78 Å². The summed E-state index contributed by atoms with van der Waals surface area (Å²) in [6.07, 6.45) is 5.21. The molecule has 0 aromatic heterocycles. The number of Topliss-reactive ketones (excluding diaryl/α,β-unsaturated/α-hetero) is 1. The second kappa shape index (κ2) is 8.91. The number of ether oxygens (including phenoxy) is 1. The minimum absolute atomic E-state index is 0.0575. The molecule has 0 aliphatic rings. The minimum atomic E-state index is -2.87. The van der Waals surface area contributed by atoms with E-state index in [4.69, 9.17) is 4.74 Å². The van der Waals surface area contributed by atoms with Crippen LogP contribution in [0.3, 0.4) is 0 Å². The van der Waals surface area contributed by atoms with Gasteiger partial charge in [0, 0.05) is 18.1 Å². The number of sulfone groups is 1. The van der Waals surface area contributed by atoms with E-state index < -0.39 is 9.84 Å². The molecule has 0 spiro atoms. The minimum Gasteiger partial charge on any atom is -0.507 e. The number of carbonyl (C=O) groups is 1. The lowest BCUT2D eigenvalue weighted by atomic mass is 10.0. The topological polar surface area (TPSA) is 80.7 Å². The van der Waals surface area contributed by atoms with Crippen LogP contribution in [0, 0.1) is 0 Å². The van der Waals surface area contributed by atoms with E-state index in [-0.39, 0.29) is 17.3 Å². The second-order valence-corrected chi connectivity index (χ2v) is 8.04. The Kier molecular flexibility index (Phi) is 7.55. The molecule has 0 atom stereocenters. The van der Waals surface area contributed by atoms with E-state index >= 15 is 0 Å². The maximum atomic E-state index is 11.4. The van der Waals surface area contributed by atoms with Crippen LogP contribution in [0.25, 0.3) is 0 Å². The van der Waals surface area contributed by atoms with Crippen LogP contribution in [-0.4, -0.2) is 37.9 Å². The highest BCUT2D eigenvalue weighted by Crippen LogP contribution is 2.29. The third kappa shape index (κ3) is 7.03. The Morgan fingerprint density at radius 3 is 2.39 bits per heavy atom. The SMILES string of the molecule is CCc1cc(C(C)=O)c(O)cc1OCCCCCCS(C)(=O)=O. The molecular formula is C17H26O5S. The Balaban J connectivity index is 2.46. The average molecular weight is 342 g/mol. The first-order valence-corrected chi connectivity index (χ1v) is 9.98. The predicted octanol–water partition coefficient (Wildman–Crippen LogP) is 3.14. The number of ketones is 1. The van der Waals surface area contributed by atoms with Gasteiger partial charge >= 0.3 is 0 Å². The van der Waals surface area contributed by atoms with Gasteiger partial charge < -0.3 is 9.84 Å². The molecule has 0 heterocycles. The lowest BCUT2D eigenvalue weighted by molar-refractivity contribution is 0.101. The Bertz CT molecular complexity index is 635. The summed E-state index contributed by atoms with van der Waals surface area (Å²) in [6.45, 7) is 3.89. The summed E-state index contributed by atoms with van der Waals surface area (Å²) in [6, 6.07) is 3.18. The van der Waals surface area contributed by atoms with Gasteiger partial charge in [-0.3, -0.25) is 4.79 Å². The van der Waals surface area contributed by atoms with Crippen molar-refractivity contribution in [3.8, 4) is 11.5 Å². The molecule has 6 heteroatoms. The number of carbonyl (C=O) groups excluding carboxylic acids is 1. The van der Waals surface area contributed by atoms with Crippen molar-refractivity contribution in [2.45, 2.75) is 46.0 Å². The summed E-state index contributed by atoms with van der Waals surface area (Å²) in [4.78, 5) is 11.4. The first-order valence-electron chi connectivity index (χ1n) is 7.92. The second-order valence-electron chi connectivity index (χ2n) is 5.78. The average Bonchev–Trinajstić information content (AvgIpc) is 2.44. The van der Waals surface area contributed by atoms with Crippen molar-refractivity contribution in [3.63, 3.8) is 0 Å². The van der Waals surface area contributed by atoms with Crippen LogP contribution in [0.2, 0.25) is 0 Å². The third-order valence-electron chi connectivity index (χ3n) is 3.61. The number of rotatable bonds is 10. The summed E-state index contributed by atoms with van der Waals surface area (Å²) in [5, 5.41) is 9.87. The van der Waals surface area contributed by atoms with E-state index in [1.165, 1.54) is 19.2 Å². The molecule has 0 amide bonds. The largest absolute Gasteiger partial charge is 0.507 e. The highest BCUT2D eigenvalue weighted by molar-refractivity contribution is 7.90. The highest BCUT2D eigenvalue weighted by atomic mass is 32.2. The Morgan fingerprint density at radius 2 is 1.83 bits per heavy atom. The van der Waals surface area contributed by atoms with E-state index in [9.17, 15) is 18.3 Å². The molecule has 0 aliphatic heterocycles. The number of phenolic OH excluding ortho intramolecular Hbond substituents is 1. The van der Waals surface area contributed by atoms with Gasteiger partial charge in [0.05, 0.1) is 12.2 Å². The maximum absolute atomic E-state index is 11.4. The van der Waals surface area contributed by atoms with Gasteiger partial charge in [-0.05, 0) is 37.8 Å². The zero-order chi connectivity index (χ0) is 17.5. The van der Waals surface area contributed by atoms with Gasteiger partial charge in [-0.25, -0.2) is 8.42 Å². The molecule has 5 nitrogen and oxygen atoms in total. The Hall–Kier alpha value is -1.56. The zero-order valence-corrected chi connectivity index (χ0v) is 14.9. The van der Waals surface area contributed by atoms with Crippen LogP contribution in [0.15, 0.2) is 12.1 Å². The van der Waals surface area contributed by atoms with Gasteiger partial charge in [-0.1, -0.05) is 19.8 Å². The van der Waals surface area contributed by atoms with Crippen LogP contribution in [-0.2, 0) is 16.3 Å². The van der Waals surface area contributed by atoms with Crippen LogP contribution < -0.4 is 4.74 Å². The van der Waals surface area contributed by atoms with Crippen LogP contribution in [0.1, 0.15) is 55.5 Å². The molecule has 0 unspecified atom stereocenters. The number of phenols is 1. The van der Waals surface area contributed by atoms with Crippen molar-refractivity contribution in [1.29, 1.82) is 0 Å². The summed E-state index contributed by atoms with van der Waals surface area (Å²) in [7, 11) is -2.87. The molecule has 0 bridgehead atoms. The van der Waals surface area contributed by atoms with Gasteiger partial charge in [-0.2, -0.15) is 0 Å². The number of unbranched alkanes of at least 4 members (excludes halogenated alkanes) is 3. The van der Waals surface area contributed by atoms with E-state index in [0.717, 1.165) is 24.8 Å². The molecule has 0 aliphatic carbocycles. The van der Waals surface area contributed by atoms with Gasteiger partial charge in [0.25, 0.3) is 0 Å². The standard InChI is InChI=1S/C17H26O5S/c1-4-14-11-15(13(2)18)16(19)12-17(14)22-9-7-5-6-8-10-23(3,20)21/h11-12,19H,4-10H2,1-3H3. The quantitative estimate of drug-likeness (QED) is 0.522. The van der Waals surface area contributed by atoms with Gasteiger partial charge in [0.2, 0.25) is 0 Å². The molecule has 0 saturated carbocycles. The van der Waals surface area contributed by atoms with Crippen LogP contribution >= 0.6 is 0 Å². The molecule has 0 saturated heterocycles. The van der Waals surface area contributed by atoms with Crippen molar-refractivity contribution in [1.82, 2.24) is 0 Å². The smallest absolute Gasteiger partial charge is 0.163 e. The molecule has 1 aromatic carbocycles. The van der Waals surface area contributed by atoms with E-state index in [0.29, 0.717) is 30.8 Å². The fourth-order valence-electron chi connectivity index (χ4n) is 2.31. The molecule has 1 aromatic rings. The summed E-state index contributed by atoms with van der Waals surface area (Å²) in [5.41, 5.74) is 1.21. The molecule has 1 N–H and O–H groups in total. The van der Waals surface area contributed by atoms with E-state index in [2.05, 4.69) is 0 Å². The zero-order valence-electron chi connectivity index (χ0n) is 14.1.